The molecule has 1 saturated carbocycles. The Labute approximate surface area is 89.8 Å². The molecule has 1 aliphatic carbocycles. The Hall–Kier alpha value is -1.09. The monoisotopic (exact) mass is 207 g/mol. The normalized spacial score (nSPS) is 19.8. The summed E-state index contributed by atoms with van der Waals surface area (Å²) >= 11 is 0. The SMILES string of the molecule is C=CCCC(O)C(c1cocn1)C1CC1. The molecule has 2 rings (SSSR count). The molecular weight excluding hydrogens is 190 g/mol. The van der Waals surface area contributed by atoms with Crippen LogP contribution in [0, 0.1) is 5.92 Å². The molecule has 3 heteroatoms. The molecule has 1 aliphatic rings. The van der Waals surface area contributed by atoms with Crippen molar-refractivity contribution < 1.29 is 9.52 Å². The van der Waals surface area contributed by atoms with E-state index in [2.05, 4.69) is 11.6 Å². The number of nitrogens with zero attached hydrogens (tertiary/aromatic N) is 1. The summed E-state index contributed by atoms with van der Waals surface area (Å²) in [6.45, 7) is 3.67. The summed E-state index contributed by atoms with van der Waals surface area (Å²) in [6.07, 6.45) is 8.62. The number of hydrogen-bond acceptors (Lipinski definition) is 3. The van der Waals surface area contributed by atoms with Gasteiger partial charge in [0.25, 0.3) is 0 Å². The molecule has 1 aromatic heterocycles. The third-order valence-corrected chi connectivity index (χ3v) is 3.00. The van der Waals surface area contributed by atoms with Gasteiger partial charge in [-0.3, -0.25) is 0 Å². The molecule has 15 heavy (non-hydrogen) atoms. The van der Waals surface area contributed by atoms with Crippen molar-refractivity contribution >= 4 is 0 Å². The summed E-state index contributed by atoms with van der Waals surface area (Å²) in [5, 5.41) is 10.1. The van der Waals surface area contributed by atoms with Crippen LogP contribution >= 0.6 is 0 Å². The van der Waals surface area contributed by atoms with Gasteiger partial charge in [-0.15, -0.1) is 6.58 Å². The van der Waals surface area contributed by atoms with Crippen LogP contribution in [0.2, 0.25) is 0 Å². The van der Waals surface area contributed by atoms with Gasteiger partial charge in [-0.25, -0.2) is 4.98 Å². The number of aliphatic hydroxyl groups is 1. The van der Waals surface area contributed by atoms with Gasteiger partial charge < -0.3 is 9.52 Å². The van der Waals surface area contributed by atoms with Gasteiger partial charge >= 0.3 is 0 Å². The highest BCUT2D eigenvalue weighted by atomic mass is 16.3. The van der Waals surface area contributed by atoms with Crippen LogP contribution in [0.3, 0.4) is 0 Å². The van der Waals surface area contributed by atoms with Gasteiger partial charge in [0, 0.05) is 5.92 Å². The quantitative estimate of drug-likeness (QED) is 0.729. The minimum Gasteiger partial charge on any atom is -0.451 e. The van der Waals surface area contributed by atoms with E-state index in [4.69, 9.17) is 4.42 Å². The zero-order chi connectivity index (χ0) is 10.7. The van der Waals surface area contributed by atoms with Crippen LogP contribution in [0.4, 0.5) is 0 Å². The fourth-order valence-electron chi connectivity index (χ4n) is 2.06. The van der Waals surface area contributed by atoms with Crippen molar-refractivity contribution in [3.05, 3.63) is 31.0 Å². The van der Waals surface area contributed by atoms with Crippen LogP contribution < -0.4 is 0 Å². The van der Waals surface area contributed by atoms with Crippen LogP contribution in [-0.4, -0.2) is 16.2 Å². The molecule has 0 spiro atoms. The van der Waals surface area contributed by atoms with E-state index in [1.54, 1.807) is 6.26 Å². The lowest BCUT2D eigenvalue weighted by Crippen LogP contribution is -2.20. The molecule has 1 heterocycles. The van der Waals surface area contributed by atoms with Gasteiger partial charge in [0.1, 0.15) is 6.26 Å². The molecular formula is C12H17NO2. The predicted octanol–water partition coefficient (Wildman–Crippen LogP) is 2.50. The minimum absolute atomic E-state index is 0.156. The second-order valence-corrected chi connectivity index (χ2v) is 4.21. The Morgan fingerprint density at radius 1 is 1.67 bits per heavy atom. The predicted molar refractivity (Wildman–Crippen MR) is 57.4 cm³/mol. The van der Waals surface area contributed by atoms with E-state index in [-0.39, 0.29) is 12.0 Å². The summed E-state index contributed by atoms with van der Waals surface area (Å²) in [7, 11) is 0. The van der Waals surface area contributed by atoms with Crippen LogP contribution in [0.15, 0.2) is 29.7 Å². The average Bonchev–Trinajstić information content (AvgIpc) is 2.91. The summed E-state index contributed by atoms with van der Waals surface area (Å²) < 4.78 is 4.99. The van der Waals surface area contributed by atoms with E-state index in [0.717, 1.165) is 18.5 Å². The fraction of sp³-hybridized carbons (Fsp3) is 0.583. The van der Waals surface area contributed by atoms with E-state index in [0.29, 0.717) is 5.92 Å². The van der Waals surface area contributed by atoms with Gasteiger partial charge in [-0.2, -0.15) is 0 Å². The smallest absolute Gasteiger partial charge is 0.180 e. The molecule has 1 aromatic rings. The zero-order valence-electron chi connectivity index (χ0n) is 8.80. The Morgan fingerprint density at radius 3 is 3.00 bits per heavy atom. The third kappa shape index (κ3) is 2.48. The molecule has 0 amide bonds. The number of aliphatic hydroxyl groups excluding tert-OH is 1. The molecule has 0 bridgehead atoms. The first-order chi connectivity index (χ1) is 7.33. The van der Waals surface area contributed by atoms with Gasteiger partial charge in [-0.1, -0.05) is 6.08 Å². The topological polar surface area (TPSA) is 46.3 Å². The first kappa shape index (κ1) is 10.4. The van der Waals surface area contributed by atoms with Crippen LogP contribution in [-0.2, 0) is 0 Å². The second-order valence-electron chi connectivity index (χ2n) is 4.21. The highest BCUT2D eigenvalue weighted by Gasteiger charge is 2.38. The molecule has 0 aromatic carbocycles. The average molecular weight is 207 g/mol. The Bertz CT molecular complexity index is 303. The van der Waals surface area contributed by atoms with E-state index in [1.807, 2.05) is 6.08 Å². The largest absolute Gasteiger partial charge is 0.451 e. The van der Waals surface area contributed by atoms with Crippen molar-refractivity contribution in [1.29, 1.82) is 0 Å². The maximum Gasteiger partial charge on any atom is 0.180 e. The summed E-state index contributed by atoms with van der Waals surface area (Å²) in [5.41, 5.74) is 0.897. The van der Waals surface area contributed by atoms with Crippen molar-refractivity contribution in [2.75, 3.05) is 0 Å². The maximum atomic E-state index is 10.1. The lowest BCUT2D eigenvalue weighted by molar-refractivity contribution is 0.123. The van der Waals surface area contributed by atoms with Crippen LogP contribution in [0.1, 0.15) is 37.3 Å². The molecule has 0 radical (unpaired) electrons. The first-order valence-electron chi connectivity index (χ1n) is 5.50. The maximum absolute atomic E-state index is 10.1. The summed E-state index contributed by atoms with van der Waals surface area (Å²) in [5.74, 6) is 0.749. The number of allylic oxidation sites excluding steroid dienone is 1. The minimum atomic E-state index is -0.319. The Kier molecular flexibility index (Phi) is 3.21. The second kappa shape index (κ2) is 4.62. The van der Waals surface area contributed by atoms with Crippen molar-refractivity contribution in [2.24, 2.45) is 5.92 Å². The van der Waals surface area contributed by atoms with E-state index in [1.165, 1.54) is 19.2 Å². The standard InChI is InChI=1S/C12H17NO2/c1-2-3-4-11(14)12(9-5-6-9)10-7-15-8-13-10/h2,7-9,11-12,14H,1,3-6H2. The summed E-state index contributed by atoms with van der Waals surface area (Å²) in [4.78, 5) is 4.15. The molecule has 2 unspecified atom stereocenters. The Balaban J connectivity index is 2.02. The van der Waals surface area contributed by atoms with E-state index in [9.17, 15) is 5.11 Å². The van der Waals surface area contributed by atoms with E-state index < -0.39 is 0 Å². The van der Waals surface area contributed by atoms with Crippen molar-refractivity contribution in [2.45, 2.75) is 37.7 Å². The van der Waals surface area contributed by atoms with Gasteiger partial charge in [0.15, 0.2) is 6.39 Å². The van der Waals surface area contributed by atoms with Crippen molar-refractivity contribution in [1.82, 2.24) is 4.98 Å². The van der Waals surface area contributed by atoms with Crippen molar-refractivity contribution in [3.8, 4) is 0 Å². The van der Waals surface area contributed by atoms with Gasteiger partial charge in [0.2, 0.25) is 0 Å². The first-order valence-corrected chi connectivity index (χ1v) is 5.50. The number of rotatable bonds is 6. The molecule has 1 N–H and O–H groups in total. The molecule has 82 valence electrons. The molecule has 0 aliphatic heterocycles. The zero-order valence-corrected chi connectivity index (χ0v) is 8.80. The highest BCUT2D eigenvalue weighted by molar-refractivity contribution is 5.10. The molecule has 1 fully saturated rings. The fourth-order valence-corrected chi connectivity index (χ4v) is 2.06. The lowest BCUT2D eigenvalue weighted by Gasteiger charge is -2.19. The number of oxazole rings is 1. The van der Waals surface area contributed by atoms with E-state index >= 15 is 0 Å². The Morgan fingerprint density at radius 2 is 2.47 bits per heavy atom. The number of aromatic nitrogens is 1. The molecule has 3 nitrogen and oxygen atoms in total. The van der Waals surface area contributed by atoms with Crippen molar-refractivity contribution in [3.63, 3.8) is 0 Å². The molecule has 2 atom stereocenters. The van der Waals surface area contributed by atoms with Crippen LogP contribution in [0.5, 0.6) is 0 Å². The van der Waals surface area contributed by atoms with Gasteiger partial charge in [-0.05, 0) is 31.6 Å². The summed E-state index contributed by atoms with van der Waals surface area (Å²) in [6, 6.07) is 0. The van der Waals surface area contributed by atoms with Crippen LogP contribution in [0.25, 0.3) is 0 Å². The highest BCUT2D eigenvalue weighted by Crippen LogP contribution is 2.44. The number of hydrogen-bond donors (Lipinski definition) is 1. The molecule has 0 saturated heterocycles. The van der Waals surface area contributed by atoms with Gasteiger partial charge in [0.05, 0.1) is 11.8 Å². The lowest BCUT2D eigenvalue weighted by atomic mass is 9.91. The third-order valence-electron chi connectivity index (χ3n) is 3.00.